The van der Waals surface area contributed by atoms with Gasteiger partial charge < -0.3 is 15.5 Å². The Morgan fingerprint density at radius 1 is 1.32 bits per heavy atom. The van der Waals surface area contributed by atoms with E-state index in [1.165, 1.54) is 32.4 Å². The number of hydrogen-bond acceptors (Lipinski definition) is 3. The van der Waals surface area contributed by atoms with Crippen LogP contribution in [0.2, 0.25) is 0 Å². The molecule has 0 saturated carbocycles. The first-order chi connectivity index (χ1) is 9.34. The second-order valence-corrected chi connectivity index (χ2v) is 4.88. The van der Waals surface area contributed by atoms with Gasteiger partial charge in [-0.15, -0.1) is 0 Å². The van der Waals surface area contributed by atoms with Crippen LogP contribution in [0.3, 0.4) is 0 Å². The van der Waals surface area contributed by atoms with Crippen molar-refractivity contribution in [3.63, 3.8) is 0 Å². The number of pyridine rings is 1. The summed E-state index contributed by atoms with van der Waals surface area (Å²) in [6.45, 7) is 4.21. The molecule has 5 nitrogen and oxygen atoms in total. The molecule has 2 rings (SSSR count). The predicted octanol–water partition coefficient (Wildman–Crippen LogP) is 2.08. The van der Waals surface area contributed by atoms with Crippen LogP contribution in [0.5, 0.6) is 0 Å². The number of nitrogens with zero attached hydrogens (tertiary/aromatic N) is 2. The second kappa shape index (κ2) is 7.74. The van der Waals surface area contributed by atoms with E-state index in [0.29, 0.717) is 6.54 Å². The third-order valence-electron chi connectivity index (χ3n) is 3.30. The molecular formula is C14H22N4O. The number of piperidine rings is 1. The highest BCUT2D eigenvalue weighted by Crippen LogP contribution is 2.08. The first kappa shape index (κ1) is 13.8. The summed E-state index contributed by atoms with van der Waals surface area (Å²) < 4.78 is 0. The van der Waals surface area contributed by atoms with E-state index in [0.717, 1.165) is 18.7 Å². The van der Waals surface area contributed by atoms with Crippen molar-refractivity contribution in [2.75, 3.05) is 31.5 Å². The Hall–Kier alpha value is -1.62. The number of rotatable bonds is 5. The van der Waals surface area contributed by atoms with Gasteiger partial charge in [0.1, 0.15) is 0 Å². The van der Waals surface area contributed by atoms with E-state index in [4.69, 9.17) is 0 Å². The fourth-order valence-electron chi connectivity index (χ4n) is 2.30. The van der Waals surface area contributed by atoms with Crippen LogP contribution < -0.4 is 10.6 Å². The van der Waals surface area contributed by atoms with Gasteiger partial charge in [0.05, 0.1) is 11.9 Å². The maximum absolute atomic E-state index is 11.6. The van der Waals surface area contributed by atoms with Gasteiger partial charge in [0.2, 0.25) is 0 Å². The SMILES string of the molecule is O=C(NCCCN1CCCCC1)Nc1cccnc1. The van der Waals surface area contributed by atoms with Gasteiger partial charge in [-0.05, 0) is 51.0 Å². The summed E-state index contributed by atoms with van der Waals surface area (Å²) in [4.78, 5) is 18.0. The maximum Gasteiger partial charge on any atom is 0.319 e. The standard InChI is InChI=1S/C14H22N4O/c19-14(17-13-6-4-7-15-12-13)16-8-5-11-18-9-2-1-3-10-18/h4,6-7,12H,1-3,5,8-11H2,(H2,16,17,19). The van der Waals surface area contributed by atoms with Crippen LogP contribution in [0.4, 0.5) is 10.5 Å². The lowest BCUT2D eigenvalue weighted by atomic mass is 10.1. The van der Waals surface area contributed by atoms with E-state index in [2.05, 4.69) is 20.5 Å². The van der Waals surface area contributed by atoms with Gasteiger partial charge in [-0.1, -0.05) is 6.42 Å². The Labute approximate surface area is 114 Å². The monoisotopic (exact) mass is 262 g/mol. The molecule has 2 N–H and O–H groups in total. The third kappa shape index (κ3) is 5.26. The number of hydrogen-bond donors (Lipinski definition) is 2. The van der Waals surface area contributed by atoms with Gasteiger partial charge >= 0.3 is 6.03 Å². The van der Waals surface area contributed by atoms with Gasteiger partial charge in [0.15, 0.2) is 0 Å². The number of urea groups is 1. The molecule has 0 radical (unpaired) electrons. The van der Waals surface area contributed by atoms with Crippen molar-refractivity contribution in [2.24, 2.45) is 0 Å². The number of carbonyl (C=O) groups excluding carboxylic acids is 1. The first-order valence-corrected chi connectivity index (χ1v) is 7.02. The minimum Gasteiger partial charge on any atom is -0.338 e. The van der Waals surface area contributed by atoms with E-state index in [9.17, 15) is 4.79 Å². The summed E-state index contributed by atoms with van der Waals surface area (Å²) in [7, 11) is 0. The molecule has 2 amide bonds. The average molecular weight is 262 g/mol. The molecule has 1 aromatic rings. The van der Waals surface area contributed by atoms with Crippen molar-refractivity contribution >= 4 is 11.7 Å². The highest BCUT2D eigenvalue weighted by Gasteiger charge is 2.09. The molecule has 2 heterocycles. The number of likely N-dealkylation sites (tertiary alicyclic amines) is 1. The van der Waals surface area contributed by atoms with Crippen LogP contribution in [0.25, 0.3) is 0 Å². The van der Waals surface area contributed by atoms with Crippen molar-refractivity contribution in [3.05, 3.63) is 24.5 Å². The van der Waals surface area contributed by atoms with Gasteiger partial charge in [-0.25, -0.2) is 4.79 Å². The molecule has 5 heteroatoms. The molecule has 1 fully saturated rings. The van der Waals surface area contributed by atoms with Crippen LogP contribution in [0, 0.1) is 0 Å². The number of aromatic nitrogens is 1. The second-order valence-electron chi connectivity index (χ2n) is 4.88. The van der Waals surface area contributed by atoms with Crippen LogP contribution in [-0.4, -0.2) is 42.1 Å². The Morgan fingerprint density at radius 2 is 2.16 bits per heavy atom. The highest BCUT2D eigenvalue weighted by molar-refractivity contribution is 5.88. The van der Waals surface area contributed by atoms with Gasteiger partial charge in [0, 0.05) is 12.7 Å². The normalized spacial score (nSPS) is 16.0. The van der Waals surface area contributed by atoms with Crippen molar-refractivity contribution in [3.8, 4) is 0 Å². The Morgan fingerprint density at radius 3 is 2.89 bits per heavy atom. The Bertz CT molecular complexity index is 376. The Kier molecular flexibility index (Phi) is 5.62. The predicted molar refractivity (Wildman–Crippen MR) is 76.2 cm³/mol. The van der Waals surface area contributed by atoms with E-state index < -0.39 is 0 Å². The molecule has 19 heavy (non-hydrogen) atoms. The third-order valence-corrected chi connectivity index (χ3v) is 3.30. The number of amides is 2. The molecule has 104 valence electrons. The lowest BCUT2D eigenvalue weighted by Crippen LogP contribution is -2.34. The van der Waals surface area contributed by atoms with E-state index in [1.807, 2.05) is 6.07 Å². The van der Waals surface area contributed by atoms with E-state index in [-0.39, 0.29) is 6.03 Å². The number of nitrogens with one attached hydrogen (secondary N) is 2. The zero-order chi connectivity index (χ0) is 13.3. The summed E-state index contributed by atoms with van der Waals surface area (Å²) in [5.74, 6) is 0. The highest BCUT2D eigenvalue weighted by atomic mass is 16.2. The van der Waals surface area contributed by atoms with E-state index in [1.54, 1.807) is 18.5 Å². The molecule has 0 bridgehead atoms. The fourth-order valence-corrected chi connectivity index (χ4v) is 2.30. The fraction of sp³-hybridized carbons (Fsp3) is 0.571. The lowest BCUT2D eigenvalue weighted by molar-refractivity contribution is 0.224. The largest absolute Gasteiger partial charge is 0.338 e. The van der Waals surface area contributed by atoms with Crippen LogP contribution in [-0.2, 0) is 0 Å². The minimum atomic E-state index is -0.161. The molecule has 1 aliphatic rings. The molecule has 0 spiro atoms. The van der Waals surface area contributed by atoms with Crippen molar-refractivity contribution in [2.45, 2.75) is 25.7 Å². The minimum absolute atomic E-state index is 0.161. The molecule has 1 saturated heterocycles. The maximum atomic E-state index is 11.6. The number of carbonyl (C=O) groups is 1. The average Bonchev–Trinajstić information content (AvgIpc) is 2.46. The van der Waals surface area contributed by atoms with Crippen LogP contribution >= 0.6 is 0 Å². The summed E-state index contributed by atoms with van der Waals surface area (Å²) >= 11 is 0. The summed E-state index contributed by atoms with van der Waals surface area (Å²) in [6, 6.07) is 3.46. The summed E-state index contributed by atoms with van der Waals surface area (Å²) in [5.41, 5.74) is 0.719. The number of anilines is 1. The summed E-state index contributed by atoms with van der Waals surface area (Å²) in [5, 5.41) is 5.62. The molecule has 1 aromatic heterocycles. The molecular weight excluding hydrogens is 240 g/mol. The van der Waals surface area contributed by atoms with Crippen molar-refractivity contribution < 1.29 is 4.79 Å². The van der Waals surface area contributed by atoms with Gasteiger partial charge in [-0.2, -0.15) is 0 Å². The van der Waals surface area contributed by atoms with Crippen LogP contribution in [0.1, 0.15) is 25.7 Å². The van der Waals surface area contributed by atoms with E-state index >= 15 is 0 Å². The molecule has 1 aliphatic heterocycles. The first-order valence-electron chi connectivity index (χ1n) is 7.02. The molecule has 0 atom stereocenters. The van der Waals surface area contributed by atoms with Gasteiger partial charge in [-0.3, -0.25) is 4.98 Å². The zero-order valence-corrected chi connectivity index (χ0v) is 11.3. The molecule has 0 unspecified atom stereocenters. The van der Waals surface area contributed by atoms with Crippen molar-refractivity contribution in [1.29, 1.82) is 0 Å². The lowest BCUT2D eigenvalue weighted by Gasteiger charge is -2.26. The van der Waals surface area contributed by atoms with Crippen molar-refractivity contribution in [1.82, 2.24) is 15.2 Å². The Balaban J connectivity index is 1.56. The summed E-state index contributed by atoms with van der Waals surface area (Å²) in [6.07, 6.45) is 8.31. The molecule has 0 aliphatic carbocycles. The van der Waals surface area contributed by atoms with Gasteiger partial charge in [0.25, 0.3) is 0 Å². The zero-order valence-electron chi connectivity index (χ0n) is 11.3. The quantitative estimate of drug-likeness (QED) is 0.799. The molecule has 0 aromatic carbocycles. The smallest absolute Gasteiger partial charge is 0.319 e. The topological polar surface area (TPSA) is 57.3 Å². The van der Waals surface area contributed by atoms with Crippen LogP contribution in [0.15, 0.2) is 24.5 Å².